The Bertz CT molecular complexity index is 1550. The van der Waals surface area contributed by atoms with Crippen molar-refractivity contribution in [1.29, 1.82) is 0 Å². The van der Waals surface area contributed by atoms with Crippen molar-refractivity contribution in [1.82, 2.24) is 19.7 Å². The number of rotatable bonds is 7. The highest BCUT2D eigenvalue weighted by Gasteiger charge is 2.38. The van der Waals surface area contributed by atoms with Gasteiger partial charge in [0.15, 0.2) is 14.1 Å². The van der Waals surface area contributed by atoms with E-state index in [1.54, 1.807) is 0 Å². The summed E-state index contributed by atoms with van der Waals surface area (Å²) in [4.78, 5) is 21.0. The molecule has 0 fully saturated rings. The van der Waals surface area contributed by atoms with Crippen molar-refractivity contribution in [3.63, 3.8) is 0 Å². The van der Waals surface area contributed by atoms with Crippen molar-refractivity contribution in [3.8, 4) is 17.1 Å². The number of halogens is 5. The first kappa shape index (κ1) is 30.0. The summed E-state index contributed by atoms with van der Waals surface area (Å²) in [6, 6.07) is 9.21. The third-order valence-electron chi connectivity index (χ3n) is 6.92. The number of carbonyl (C=O) groups excluding carboxylic acids is 1. The van der Waals surface area contributed by atoms with E-state index in [4.69, 9.17) is 4.43 Å². The fourth-order valence-electron chi connectivity index (χ4n) is 3.63. The molecule has 0 aliphatic heterocycles. The first-order valence-electron chi connectivity index (χ1n) is 12.5. The van der Waals surface area contributed by atoms with E-state index in [2.05, 4.69) is 54.2 Å². The zero-order valence-corrected chi connectivity index (χ0v) is 24.0. The van der Waals surface area contributed by atoms with Crippen LogP contribution < -0.4 is 5.32 Å². The summed E-state index contributed by atoms with van der Waals surface area (Å²) >= 11 is 0. The van der Waals surface area contributed by atoms with Gasteiger partial charge in [-0.05, 0) is 60.6 Å². The van der Waals surface area contributed by atoms with Gasteiger partial charge in [-0.25, -0.2) is 23.4 Å². The molecule has 2 aromatic heterocycles. The van der Waals surface area contributed by atoms with Gasteiger partial charge in [0.25, 0.3) is 5.91 Å². The van der Waals surface area contributed by atoms with Crippen LogP contribution in [0.1, 0.15) is 42.4 Å². The second-order valence-electron chi connectivity index (χ2n) is 10.9. The zero-order valence-electron chi connectivity index (χ0n) is 23.0. The number of aromatic nitrogens is 4. The normalized spacial score (nSPS) is 12.4. The molecular formula is C28H28F5N5O2Si. The number of nitrogens with zero attached hydrogens (tertiary/aromatic N) is 4. The van der Waals surface area contributed by atoms with Crippen molar-refractivity contribution in [2.24, 2.45) is 0 Å². The van der Waals surface area contributed by atoms with E-state index < -0.39 is 48.7 Å². The van der Waals surface area contributed by atoms with Gasteiger partial charge in [0.1, 0.15) is 17.5 Å². The molecule has 7 nitrogen and oxygen atoms in total. The van der Waals surface area contributed by atoms with Crippen LogP contribution >= 0.6 is 0 Å². The largest absolute Gasteiger partial charge is 0.417 e. The van der Waals surface area contributed by atoms with E-state index >= 15 is 0 Å². The Kier molecular flexibility index (Phi) is 8.14. The van der Waals surface area contributed by atoms with Crippen LogP contribution in [0.4, 0.5) is 27.8 Å². The Morgan fingerprint density at radius 3 is 2.22 bits per heavy atom. The summed E-state index contributed by atoms with van der Waals surface area (Å²) in [7, 11) is -2.17. The topological polar surface area (TPSA) is 81.9 Å². The fourth-order valence-corrected chi connectivity index (χ4v) is 4.57. The monoisotopic (exact) mass is 589 g/mol. The number of hydrogen-bond donors (Lipinski definition) is 1. The van der Waals surface area contributed by atoms with Crippen LogP contribution in [0.25, 0.3) is 17.1 Å². The first-order valence-corrected chi connectivity index (χ1v) is 15.5. The highest BCUT2D eigenvalue weighted by Crippen LogP contribution is 2.38. The fraction of sp³-hybridized carbons (Fsp3) is 0.286. The Balaban J connectivity index is 1.73. The summed E-state index contributed by atoms with van der Waals surface area (Å²) in [5.74, 6) is -3.16. The summed E-state index contributed by atoms with van der Waals surface area (Å²) in [5, 5.41) is 6.94. The minimum atomic E-state index is -4.93. The lowest BCUT2D eigenvalue weighted by Gasteiger charge is -2.35. The van der Waals surface area contributed by atoms with E-state index in [0.29, 0.717) is 11.4 Å². The Morgan fingerprint density at radius 1 is 1.00 bits per heavy atom. The number of hydrogen-bond acceptors (Lipinski definition) is 5. The Labute approximate surface area is 234 Å². The zero-order chi connectivity index (χ0) is 30.2. The molecule has 0 aliphatic carbocycles. The molecule has 0 spiro atoms. The van der Waals surface area contributed by atoms with Gasteiger partial charge in [-0.1, -0.05) is 20.8 Å². The molecule has 2 heterocycles. The predicted molar refractivity (Wildman–Crippen MR) is 146 cm³/mol. The summed E-state index contributed by atoms with van der Waals surface area (Å²) in [5.41, 5.74) is -1.72. The number of anilines is 1. The van der Waals surface area contributed by atoms with Gasteiger partial charge in [-0.3, -0.25) is 4.79 Å². The SMILES string of the molecule is CC(C)(C)[Si](C)(C)OCc1cc(NC(=O)c2cc(-c3ncccn3)c(C(F)(F)F)cc2F)n(-c2ccc(F)cc2)n1. The molecule has 0 radical (unpaired) electrons. The van der Waals surface area contributed by atoms with Crippen molar-refractivity contribution >= 4 is 20.0 Å². The molecule has 2 aromatic carbocycles. The van der Waals surface area contributed by atoms with Crippen LogP contribution in [0.3, 0.4) is 0 Å². The van der Waals surface area contributed by atoms with Crippen LogP contribution in [0.2, 0.25) is 18.1 Å². The minimum Gasteiger partial charge on any atom is -0.411 e. The van der Waals surface area contributed by atoms with Gasteiger partial charge in [-0.2, -0.15) is 18.3 Å². The molecule has 216 valence electrons. The summed E-state index contributed by atoms with van der Waals surface area (Å²) in [6.45, 7) is 10.5. The molecule has 0 saturated carbocycles. The van der Waals surface area contributed by atoms with E-state index in [0.717, 1.165) is 6.07 Å². The van der Waals surface area contributed by atoms with E-state index in [1.165, 1.54) is 53.5 Å². The smallest absolute Gasteiger partial charge is 0.411 e. The van der Waals surface area contributed by atoms with Crippen LogP contribution in [0.15, 0.2) is 60.9 Å². The van der Waals surface area contributed by atoms with Gasteiger partial charge in [0, 0.05) is 24.0 Å². The predicted octanol–water partition coefficient (Wildman–Crippen LogP) is 7.40. The second kappa shape index (κ2) is 11.1. The molecule has 4 rings (SSSR count). The first-order chi connectivity index (χ1) is 19.1. The number of nitrogens with one attached hydrogen (secondary N) is 1. The molecule has 0 bridgehead atoms. The third-order valence-corrected chi connectivity index (χ3v) is 11.4. The molecule has 1 N–H and O–H groups in total. The van der Waals surface area contributed by atoms with Gasteiger partial charge in [0.05, 0.1) is 29.1 Å². The molecule has 41 heavy (non-hydrogen) atoms. The molecule has 13 heteroatoms. The lowest BCUT2D eigenvalue weighted by atomic mass is 10.0. The number of benzene rings is 2. The van der Waals surface area contributed by atoms with Crippen molar-refractivity contribution < 1.29 is 31.2 Å². The number of amides is 1. The van der Waals surface area contributed by atoms with Gasteiger partial charge < -0.3 is 9.74 Å². The number of carbonyl (C=O) groups is 1. The Morgan fingerprint density at radius 2 is 1.63 bits per heavy atom. The highest BCUT2D eigenvalue weighted by molar-refractivity contribution is 6.74. The maximum Gasteiger partial charge on any atom is 0.417 e. The maximum absolute atomic E-state index is 15.0. The summed E-state index contributed by atoms with van der Waals surface area (Å²) in [6.07, 6.45) is -2.45. The molecular weight excluding hydrogens is 561 g/mol. The van der Waals surface area contributed by atoms with E-state index in [-0.39, 0.29) is 29.4 Å². The molecule has 4 aromatic rings. The van der Waals surface area contributed by atoms with Crippen molar-refractivity contribution in [2.75, 3.05) is 5.32 Å². The molecule has 0 unspecified atom stereocenters. The van der Waals surface area contributed by atoms with Crippen LogP contribution in [0, 0.1) is 11.6 Å². The average molecular weight is 590 g/mol. The molecule has 1 amide bonds. The maximum atomic E-state index is 15.0. The molecule has 0 saturated heterocycles. The molecule has 0 aliphatic rings. The second-order valence-corrected chi connectivity index (χ2v) is 15.7. The average Bonchev–Trinajstić information content (AvgIpc) is 3.29. The van der Waals surface area contributed by atoms with Crippen molar-refractivity contribution in [3.05, 3.63) is 89.4 Å². The standard InChI is InChI=1S/C28H28F5N5O2Si/c1-27(2,3)41(4,5)40-16-18-13-24(38(37-18)19-9-7-17(29)8-10-19)36-26(39)21-14-20(25-34-11-6-12-35-25)22(15-23(21)30)28(31,32)33/h6-15H,16H2,1-5H3,(H,36,39). The minimum absolute atomic E-state index is 0.0762. The van der Waals surface area contributed by atoms with Crippen molar-refractivity contribution in [2.45, 2.75) is 51.7 Å². The Hall–Kier alpha value is -3.97. The number of alkyl halides is 3. The van der Waals surface area contributed by atoms with Crippen LogP contribution in [-0.4, -0.2) is 34.0 Å². The van der Waals surface area contributed by atoms with Gasteiger partial charge in [0.2, 0.25) is 0 Å². The lowest BCUT2D eigenvalue weighted by molar-refractivity contribution is -0.137. The van der Waals surface area contributed by atoms with Crippen LogP contribution in [0.5, 0.6) is 0 Å². The van der Waals surface area contributed by atoms with E-state index in [1.807, 2.05) is 0 Å². The lowest BCUT2D eigenvalue weighted by Crippen LogP contribution is -2.40. The summed E-state index contributed by atoms with van der Waals surface area (Å²) < 4.78 is 77.3. The van der Waals surface area contributed by atoms with Crippen LogP contribution in [-0.2, 0) is 17.2 Å². The van der Waals surface area contributed by atoms with Gasteiger partial charge in [-0.15, -0.1) is 0 Å². The highest BCUT2D eigenvalue weighted by atomic mass is 28.4. The van der Waals surface area contributed by atoms with E-state index in [9.17, 15) is 26.7 Å². The molecule has 0 atom stereocenters. The quantitative estimate of drug-likeness (QED) is 0.179. The third kappa shape index (κ3) is 6.68. The van der Waals surface area contributed by atoms with Gasteiger partial charge >= 0.3 is 6.18 Å².